The molecule has 4 rings (SSSR count). The van der Waals surface area contributed by atoms with Gasteiger partial charge in [0.2, 0.25) is 0 Å². The van der Waals surface area contributed by atoms with Crippen molar-refractivity contribution in [3.8, 4) is 22.6 Å². The Morgan fingerprint density at radius 3 is 2.72 bits per heavy atom. The summed E-state index contributed by atoms with van der Waals surface area (Å²) in [6.45, 7) is 0.840. The summed E-state index contributed by atoms with van der Waals surface area (Å²) < 4.78 is 33.0. The van der Waals surface area contributed by atoms with E-state index in [0.29, 0.717) is 41.4 Å². The summed E-state index contributed by atoms with van der Waals surface area (Å²) in [6, 6.07) is 16.4. The van der Waals surface area contributed by atoms with Gasteiger partial charge in [-0.15, -0.1) is 0 Å². The van der Waals surface area contributed by atoms with Gasteiger partial charge in [-0.05, 0) is 48.2 Å². The zero-order valence-corrected chi connectivity index (χ0v) is 19.9. The lowest BCUT2D eigenvalue weighted by Crippen LogP contribution is -2.17. The third-order valence-corrected chi connectivity index (χ3v) is 6.07. The molecule has 4 N–H and O–H groups in total. The molecule has 2 unspecified atom stereocenters. The number of hydrogen-bond acceptors (Lipinski definition) is 6. The van der Waals surface area contributed by atoms with E-state index in [9.17, 15) is 15.0 Å². The molecule has 0 saturated carbocycles. The van der Waals surface area contributed by atoms with Crippen LogP contribution in [-0.2, 0) is 22.6 Å². The third kappa shape index (κ3) is 6.40. The zero-order valence-electron chi connectivity index (χ0n) is 19.9. The summed E-state index contributed by atoms with van der Waals surface area (Å²) in [4.78, 5) is 11.2. The molecule has 1 heterocycles. The van der Waals surface area contributed by atoms with Gasteiger partial charge < -0.3 is 30.2 Å². The number of ether oxygens (including phenoxy) is 3. The van der Waals surface area contributed by atoms with Crippen LogP contribution in [0.1, 0.15) is 35.6 Å². The molecule has 0 amide bonds. The number of aliphatic hydroxyl groups is 1. The van der Waals surface area contributed by atoms with Gasteiger partial charge >= 0.3 is 5.97 Å². The minimum atomic E-state index is -0.950. The average Bonchev–Trinajstić information content (AvgIpc) is 3.40. The predicted octanol–water partition coefficient (Wildman–Crippen LogP) is 4.25. The molecule has 3 aromatic rings. The highest BCUT2D eigenvalue weighted by Crippen LogP contribution is 2.32. The van der Waals surface area contributed by atoms with E-state index in [-0.39, 0.29) is 31.3 Å². The number of aliphatic hydroxyl groups excluding tert-OH is 1. The van der Waals surface area contributed by atoms with Crippen molar-refractivity contribution < 1.29 is 33.6 Å². The second-order valence-electron chi connectivity index (χ2n) is 8.78. The van der Waals surface area contributed by atoms with E-state index >= 15 is 4.39 Å². The molecule has 2 atom stereocenters. The van der Waals surface area contributed by atoms with Crippen molar-refractivity contribution in [3.63, 3.8) is 0 Å². The van der Waals surface area contributed by atoms with Gasteiger partial charge in [0, 0.05) is 23.3 Å². The lowest BCUT2D eigenvalue weighted by atomic mass is 9.97. The number of halogens is 1. The van der Waals surface area contributed by atoms with Crippen LogP contribution in [0.4, 0.5) is 4.39 Å². The summed E-state index contributed by atoms with van der Waals surface area (Å²) in [7, 11) is 0. The van der Waals surface area contributed by atoms with Gasteiger partial charge in [-0.25, -0.2) is 4.39 Å². The second-order valence-corrected chi connectivity index (χ2v) is 8.78. The Labute approximate surface area is 209 Å². The number of para-hydroxylation sites is 1. The van der Waals surface area contributed by atoms with Crippen LogP contribution < -0.4 is 15.2 Å². The molecule has 190 valence electrons. The summed E-state index contributed by atoms with van der Waals surface area (Å²) in [5.41, 5.74) is 8.29. The molecule has 0 bridgehead atoms. The summed E-state index contributed by atoms with van der Waals surface area (Å²) in [5.74, 6) is -0.450. The Balaban J connectivity index is 1.64. The molecule has 0 aliphatic carbocycles. The fourth-order valence-electron chi connectivity index (χ4n) is 4.22. The van der Waals surface area contributed by atoms with Crippen molar-refractivity contribution in [1.29, 1.82) is 0 Å². The fraction of sp³-hybridized carbons (Fsp3) is 0.321. The summed E-state index contributed by atoms with van der Waals surface area (Å²) in [5, 5.41) is 18.6. The largest absolute Gasteiger partial charge is 0.491 e. The standard InChI is InChI=1S/C28H30FNO6/c29-28-23(7-3-8-24(28)25(30)15-31)20-11-18(12-22(13-20)35-17-21-6-4-10-34-21)16-36-26-9-2-1-5-19(26)14-27(32)33/h1-3,5,7-9,11-13,21,25,31H,4,6,10,14-17,30H2,(H,32,33). The van der Waals surface area contributed by atoms with Gasteiger partial charge in [-0.2, -0.15) is 0 Å². The monoisotopic (exact) mass is 495 g/mol. The molecule has 0 aromatic heterocycles. The van der Waals surface area contributed by atoms with Gasteiger partial charge in [0.1, 0.15) is 30.5 Å². The van der Waals surface area contributed by atoms with Crippen LogP contribution in [0.3, 0.4) is 0 Å². The van der Waals surface area contributed by atoms with Crippen molar-refractivity contribution in [1.82, 2.24) is 0 Å². The fourth-order valence-corrected chi connectivity index (χ4v) is 4.22. The molecule has 7 nitrogen and oxygen atoms in total. The quantitative estimate of drug-likeness (QED) is 0.365. The van der Waals surface area contributed by atoms with Crippen molar-refractivity contribution in [3.05, 3.63) is 83.2 Å². The Morgan fingerprint density at radius 2 is 1.97 bits per heavy atom. The molecule has 8 heteroatoms. The van der Waals surface area contributed by atoms with E-state index in [1.165, 1.54) is 0 Å². The number of nitrogens with two attached hydrogens (primary N) is 1. The van der Waals surface area contributed by atoms with Crippen molar-refractivity contribution >= 4 is 5.97 Å². The highest BCUT2D eigenvalue weighted by atomic mass is 19.1. The first-order valence-corrected chi connectivity index (χ1v) is 11.9. The zero-order chi connectivity index (χ0) is 25.5. The predicted molar refractivity (Wildman–Crippen MR) is 132 cm³/mol. The lowest BCUT2D eigenvalue weighted by molar-refractivity contribution is -0.136. The van der Waals surface area contributed by atoms with E-state index in [4.69, 9.17) is 19.9 Å². The van der Waals surface area contributed by atoms with Crippen molar-refractivity contribution in [2.75, 3.05) is 19.8 Å². The molecule has 1 aliphatic rings. The molecule has 0 radical (unpaired) electrons. The van der Waals surface area contributed by atoms with Crippen LogP contribution >= 0.6 is 0 Å². The lowest BCUT2D eigenvalue weighted by Gasteiger charge is -2.17. The maximum atomic E-state index is 15.4. The smallest absolute Gasteiger partial charge is 0.307 e. The van der Waals surface area contributed by atoms with E-state index in [1.54, 1.807) is 54.6 Å². The molecular formula is C28H30FNO6. The first-order valence-electron chi connectivity index (χ1n) is 11.9. The van der Waals surface area contributed by atoms with Gasteiger partial charge in [0.05, 0.1) is 25.2 Å². The first-order chi connectivity index (χ1) is 17.4. The minimum Gasteiger partial charge on any atom is -0.491 e. The van der Waals surface area contributed by atoms with Crippen LogP contribution in [0.2, 0.25) is 0 Å². The van der Waals surface area contributed by atoms with Crippen molar-refractivity contribution in [2.24, 2.45) is 5.73 Å². The maximum absolute atomic E-state index is 15.4. The number of carboxylic acids is 1. The van der Waals surface area contributed by atoms with E-state index in [1.807, 2.05) is 6.07 Å². The highest BCUT2D eigenvalue weighted by Gasteiger charge is 2.19. The normalized spacial score (nSPS) is 16.0. The Kier molecular flexibility index (Phi) is 8.53. The van der Waals surface area contributed by atoms with E-state index < -0.39 is 17.8 Å². The summed E-state index contributed by atoms with van der Waals surface area (Å²) >= 11 is 0. The molecule has 1 saturated heterocycles. The topological polar surface area (TPSA) is 111 Å². The molecule has 0 spiro atoms. The van der Waals surface area contributed by atoms with Gasteiger partial charge in [-0.1, -0.05) is 36.4 Å². The molecule has 36 heavy (non-hydrogen) atoms. The molecule has 3 aromatic carbocycles. The molecule has 1 aliphatic heterocycles. The van der Waals surface area contributed by atoms with Gasteiger partial charge in [0.25, 0.3) is 0 Å². The molecule has 1 fully saturated rings. The minimum absolute atomic E-state index is 0.0128. The highest BCUT2D eigenvalue weighted by molar-refractivity contribution is 5.71. The number of hydrogen-bond donors (Lipinski definition) is 3. The van der Waals surface area contributed by atoms with Crippen LogP contribution in [0, 0.1) is 5.82 Å². The number of benzene rings is 3. The van der Waals surface area contributed by atoms with Crippen molar-refractivity contribution in [2.45, 2.75) is 38.0 Å². The number of carbonyl (C=O) groups is 1. The number of carboxylic acid groups (broad SMARTS) is 1. The maximum Gasteiger partial charge on any atom is 0.307 e. The Hall–Kier alpha value is -3.46. The van der Waals surface area contributed by atoms with Gasteiger partial charge in [-0.3, -0.25) is 4.79 Å². The van der Waals surface area contributed by atoms with Gasteiger partial charge in [0.15, 0.2) is 0 Å². The van der Waals surface area contributed by atoms with Crippen LogP contribution in [0.15, 0.2) is 60.7 Å². The van der Waals surface area contributed by atoms with Crippen LogP contribution in [0.5, 0.6) is 11.5 Å². The Morgan fingerprint density at radius 1 is 1.14 bits per heavy atom. The number of aliphatic carboxylic acids is 1. The SMILES string of the molecule is NC(CO)c1cccc(-c2cc(COc3ccccc3CC(=O)O)cc(OCC3CCCO3)c2)c1F. The number of rotatable bonds is 11. The summed E-state index contributed by atoms with van der Waals surface area (Å²) in [6.07, 6.45) is 1.77. The van der Waals surface area contributed by atoms with E-state index in [0.717, 1.165) is 18.4 Å². The van der Waals surface area contributed by atoms with Crippen LogP contribution in [0.25, 0.3) is 11.1 Å². The van der Waals surface area contributed by atoms with E-state index in [2.05, 4.69) is 0 Å². The molecular weight excluding hydrogens is 465 g/mol. The average molecular weight is 496 g/mol. The van der Waals surface area contributed by atoms with Crippen LogP contribution in [-0.4, -0.2) is 42.1 Å². The Bertz CT molecular complexity index is 1190. The third-order valence-electron chi connectivity index (χ3n) is 6.07. The first kappa shape index (κ1) is 25.6. The second kappa shape index (κ2) is 12.0.